The molecule has 0 aliphatic carbocycles. The van der Waals surface area contributed by atoms with Gasteiger partial charge in [-0.1, -0.05) is 387 Å². The van der Waals surface area contributed by atoms with E-state index < -0.39 is 61.4 Å². The normalized spacial score (nSPS) is 21.8. The molecule has 552 valence electrons. The van der Waals surface area contributed by atoms with Crippen molar-refractivity contribution in [1.29, 1.82) is 0 Å². The number of aliphatic hydroxyl groups excluding tert-OH is 6. The summed E-state index contributed by atoms with van der Waals surface area (Å²) in [6, 6.07) is 0. The van der Waals surface area contributed by atoms with Crippen molar-refractivity contribution < 1.29 is 54.4 Å². The van der Waals surface area contributed by atoms with Crippen LogP contribution < -0.4 is 10.6 Å². The lowest BCUT2D eigenvalue weighted by atomic mass is 9.92. The highest BCUT2D eigenvalue weighted by molar-refractivity contribution is 5.79. The highest BCUT2D eigenvalue weighted by atomic mass is 16.8. The molecule has 13 heteroatoms. The fourth-order valence-corrected chi connectivity index (χ4v) is 14.4. The molecule has 8 N–H and O–H groups in total. The zero-order valence-corrected chi connectivity index (χ0v) is 61.5. The van der Waals surface area contributed by atoms with E-state index in [0.717, 1.165) is 77.0 Å². The molecule has 93 heavy (non-hydrogen) atoms. The fourth-order valence-electron chi connectivity index (χ4n) is 14.4. The highest BCUT2D eigenvalue weighted by Crippen LogP contribution is 2.30. The van der Waals surface area contributed by atoms with Gasteiger partial charge < -0.3 is 55.5 Å². The molecule has 2 heterocycles. The molecular formula is C80H156N2O11. The zero-order valence-electron chi connectivity index (χ0n) is 61.5. The molecular weight excluding hydrogens is 1160 g/mol. The minimum atomic E-state index is -1.77. The molecule has 0 aromatic carbocycles. The molecule has 0 radical (unpaired) electrons. The van der Waals surface area contributed by atoms with Crippen LogP contribution in [0.25, 0.3) is 0 Å². The van der Waals surface area contributed by atoms with Crippen LogP contribution in [0.4, 0.5) is 0 Å². The Morgan fingerprint density at radius 2 is 0.441 bits per heavy atom. The van der Waals surface area contributed by atoms with E-state index in [2.05, 4.69) is 38.3 Å². The van der Waals surface area contributed by atoms with Gasteiger partial charge in [-0.15, -0.1) is 0 Å². The Morgan fingerprint density at radius 1 is 0.269 bits per heavy atom. The number of carbonyl (C=O) groups is 2. The van der Waals surface area contributed by atoms with E-state index in [-0.39, 0.29) is 36.7 Å². The molecule has 2 aliphatic rings. The lowest BCUT2D eigenvalue weighted by Gasteiger charge is -2.45. The summed E-state index contributed by atoms with van der Waals surface area (Å²) in [5.74, 6) is -0.657. The standard InChI is InChI=1S/C80H156N2O11/c1-5-9-13-17-21-25-29-33-37-41-45-49-53-57-61-67(62-58-54-50-46-42-38-34-30-26-22-18-14-10-6-2)77(89)81-65-69-71(83)73(85)75(87)79(91-69)93-80-76(88)74(86)72(84)70(92-80)66-82-78(90)68(63-59-55-51-47-43-39-35-31-27-23-19-15-11-7-3)64-60-56-52-48-44-40-36-32-28-24-20-16-12-8-4/h67-76,79-80,83-88H,5-66H2,1-4H3,(H,81,89)(H,82,90)/t69?,70?,71-,72-,73+,74+,75?,76?,79-,80-/m1/s1. The van der Waals surface area contributed by atoms with Gasteiger partial charge in [-0.3, -0.25) is 9.59 Å². The summed E-state index contributed by atoms with van der Waals surface area (Å²) in [7, 11) is 0. The molecule has 2 saturated heterocycles. The van der Waals surface area contributed by atoms with Crippen molar-refractivity contribution in [1.82, 2.24) is 10.6 Å². The van der Waals surface area contributed by atoms with Gasteiger partial charge in [-0.05, 0) is 25.7 Å². The monoisotopic (exact) mass is 1320 g/mol. The predicted octanol–water partition coefficient (Wildman–Crippen LogP) is 19.6. The van der Waals surface area contributed by atoms with Gasteiger partial charge in [-0.25, -0.2) is 0 Å². The third-order valence-corrected chi connectivity index (χ3v) is 20.9. The summed E-state index contributed by atoms with van der Waals surface area (Å²) in [4.78, 5) is 28.1. The summed E-state index contributed by atoms with van der Waals surface area (Å²) >= 11 is 0. The van der Waals surface area contributed by atoms with Crippen molar-refractivity contribution in [3.63, 3.8) is 0 Å². The van der Waals surface area contributed by atoms with Gasteiger partial charge in [0.05, 0.1) is 0 Å². The number of nitrogens with one attached hydrogen (secondary N) is 2. The molecule has 2 rings (SSSR count). The Bertz CT molecular complexity index is 1450. The molecule has 0 spiro atoms. The first-order valence-corrected chi connectivity index (χ1v) is 41.1. The first kappa shape index (κ1) is 87.7. The maximum absolute atomic E-state index is 14.1. The molecule has 2 fully saturated rings. The molecule has 4 unspecified atom stereocenters. The van der Waals surface area contributed by atoms with Crippen LogP contribution in [0.1, 0.15) is 413 Å². The quantitative estimate of drug-likeness (QED) is 0.0269. The van der Waals surface area contributed by atoms with Crippen molar-refractivity contribution >= 4 is 11.8 Å². The Balaban J connectivity index is 1.97. The van der Waals surface area contributed by atoms with Crippen molar-refractivity contribution in [2.45, 2.75) is 474 Å². The lowest BCUT2D eigenvalue weighted by Crippen LogP contribution is -2.65. The number of ether oxygens (including phenoxy) is 3. The number of aliphatic hydroxyl groups is 6. The summed E-state index contributed by atoms with van der Waals surface area (Å²) in [6.45, 7) is 8.77. The van der Waals surface area contributed by atoms with E-state index in [1.54, 1.807) is 0 Å². The second-order valence-corrected chi connectivity index (χ2v) is 29.6. The van der Waals surface area contributed by atoms with E-state index in [9.17, 15) is 40.2 Å². The number of unbranched alkanes of at least 4 members (excludes halogenated alkanes) is 52. The van der Waals surface area contributed by atoms with Gasteiger partial charge in [-0.2, -0.15) is 0 Å². The van der Waals surface area contributed by atoms with Crippen LogP contribution in [0.15, 0.2) is 0 Å². The van der Waals surface area contributed by atoms with Gasteiger partial charge in [0.2, 0.25) is 11.8 Å². The third-order valence-electron chi connectivity index (χ3n) is 20.9. The summed E-state index contributed by atoms with van der Waals surface area (Å²) in [5, 5.41) is 73.1. The van der Waals surface area contributed by atoms with E-state index in [1.165, 1.54) is 308 Å². The Morgan fingerprint density at radius 3 is 0.624 bits per heavy atom. The van der Waals surface area contributed by atoms with Gasteiger partial charge in [0.25, 0.3) is 0 Å². The van der Waals surface area contributed by atoms with Gasteiger partial charge >= 0.3 is 0 Å². The Labute approximate surface area is 573 Å². The molecule has 13 nitrogen and oxygen atoms in total. The summed E-state index contributed by atoms with van der Waals surface area (Å²) in [5.41, 5.74) is 0. The average Bonchev–Trinajstić information content (AvgIpc) is 0.828. The van der Waals surface area contributed by atoms with Crippen LogP contribution >= 0.6 is 0 Å². The first-order valence-electron chi connectivity index (χ1n) is 41.1. The maximum Gasteiger partial charge on any atom is 0.223 e. The molecule has 0 aromatic rings. The minimum Gasteiger partial charge on any atom is -0.388 e. The SMILES string of the molecule is CCCCCCCCCCCCCCCCC(CCCCCCCCCCCCCCCC)C(=O)NCC1O[C@H](O[C@H]2OC(CNC(=O)C(CCCCCCCCCCCCCCCC)CCCCCCCCCCCCCCCC)[C@@H](O)[C@H](O)C2O)C(O)[C@@H](O)[C@@H]1O. The zero-order chi connectivity index (χ0) is 67.5. The molecule has 0 aromatic heterocycles. The van der Waals surface area contributed by atoms with Crippen LogP contribution in [0.5, 0.6) is 0 Å². The van der Waals surface area contributed by atoms with Crippen LogP contribution in [0.3, 0.4) is 0 Å². The van der Waals surface area contributed by atoms with Crippen molar-refractivity contribution in [3.05, 3.63) is 0 Å². The van der Waals surface area contributed by atoms with Crippen molar-refractivity contribution in [3.8, 4) is 0 Å². The average molecular weight is 1320 g/mol. The van der Waals surface area contributed by atoms with Crippen molar-refractivity contribution in [2.24, 2.45) is 11.8 Å². The van der Waals surface area contributed by atoms with Crippen LogP contribution in [-0.4, -0.2) is 117 Å². The first-order chi connectivity index (χ1) is 45.5. The number of carbonyl (C=O) groups excluding carboxylic acids is 2. The molecule has 10 atom stereocenters. The number of amides is 2. The fraction of sp³-hybridized carbons (Fsp3) is 0.975. The lowest BCUT2D eigenvalue weighted by molar-refractivity contribution is -0.372. The van der Waals surface area contributed by atoms with E-state index in [1.807, 2.05) is 0 Å². The van der Waals surface area contributed by atoms with Crippen LogP contribution in [0.2, 0.25) is 0 Å². The summed E-state index contributed by atoms with van der Waals surface area (Å²) in [6.07, 6.45) is 58.4. The smallest absolute Gasteiger partial charge is 0.223 e. The molecule has 0 saturated carbocycles. The van der Waals surface area contributed by atoms with Gasteiger partial charge in [0.15, 0.2) is 12.6 Å². The van der Waals surface area contributed by atoms with E-state index in [4.69, 9.17) is 14.2 Å². The number of hydrogen-bond donors (Lipinski definition) is 8. The molecule has 2 amide bonds. The Hall–Kier alpha value is -1.42. The second-order valence-electron chi connectivity index (χ2n) is 29.6. The third kappa shape index (κ3) is 45.8. The van der Waals surface area contributed by atoms with Crippen molar-refractivity contribution in [2.75, 3.05) is 13.1 Å². The summed E-state index contributed by atoms with van der Waals surface area (Å²) < 4.78 is 18.1. The second kappa shape index (κ2) is 62.8. The highest BCUT2D eigenvalue weighted by Gasteiger charge is 2.50. The van der Waals surface area contributed by atoms with Gasteiger partial charge in [0, 0.05) is 24.9 Å². The minimum absolute atomic E-state index is 0.122. The number of hydrogen-bond acceptors (Lipinski definition) is 11. The van der Waals surface area contributed by atoms with Gasteiger partial charge in [0.1, 0.15) is 48.8 Å². The van der Waals surface area contributed by atoms with E-state index >= 15 is 0 Å². The molecule has 0 bridgehead atoms. The predicted molar refractivity (Wildman–Crippen MR) is 387 cm³/mol. The molecule has 2 aliphatic heterocycles. The number of rotatable bonds is 68. The Kier molecular flexibility index (Phi) is 59.2. The van der Waals surface area contributed by atoms with Crippen LogP contribution in [-0.2, 0) is 23.8 Å². The topological polar surface area (TPSA) is 207 Å². The maximum atomic E-state index is 14.1. The largest absolute Gasteiger partial charge is 0.388 e. The van der Waals surface area contributed by atoms with E-state index in [0.29, 0.717) is 0 Å². The van der Waals surface area contributed by atoms with Crippen LogP contribution in [0, 0.1) is 11.8 Å².